The average Bonchev–Trinajstić information content (AvgIpc) is 2.81. The standard InChI is InChI=1S/C10H14N4O6S/c1-5-7(10(16)17)9(13-12-5)21(18,19)14-2-3-20-4-6(14)8(11)15/h6H,2-4H2,1H3,(H2,11,15)(H,12,13)(H,16,17). The molecule has 2 heterocycles. The predicted molar refractivity (Wildman–Crippen MR) is 68.0 cm³/mol. The first-order chi connectivity index (χ1) is 9.76. The lowest BCUT2D eigenvalue weighted by molar-refractivity contribution is -0.125. The highest BCUT2D eigenvalue weighted by atomic mass is 32.2. The summed E-state index contributed by atoms with van der Waals surface area (Å²) in [5, 5.41) is 14.3. The van der Waals surface area contributed by atoms with Gasteiger partial charge in [0.25, 0.3) is 10.0 Å². The van der Waals surface area contributed by atoms with Crippen LogP contribution in [0.15, 0.2) is 5.03 Å². The lowest BCUT2D eigenvalue weighted by Crippen LogP contribution is -2.54. The molecule has 21 heavy (non-hydrogen) atoms. The molecule has 1 aromatic heterocycles. The van der Waals surface area contributed by atoms with Crippen LogP contribution >= 0.6 is 0 Å². The monoisotopic (exact) mass is 318 g/mol. The number of aryl methyl sites for hydroxylation is 1. The van der Waals surface area contributed by atoms with E-state index in [0.29, 0.717) is 0 Å². The minimum atomic E-state index is -4.28. The number of nitrogens with one attached hydrogen (secondary N) is 1. The number of rotatable bonds is 4. The molecule has 0 spiro atoms. The van der Waals surface area contributed by atoms with E-state index in [1.807, 2.05) is 0 Å². The number of hydrogen-bond acceptors (Lipinski definition) is 6. The molecule has 0 saturated carbocycles. The normalized spacial score (nSPS) is 20.3. The van der Waals surface area contributed by atoms with Crippen molar-refractivity contribution in [1.82, 2.24) is 14.5 Å². The Balaban J connectivity index is 2.51. The fourth-order valence-electron chi connectivity index (χ4n) is 2.06. The number of sulfonamides is 1. The molecular weight excluding hydrogens is 304 g/mol. The maximum absolute atomic E-state index is 12.6. The number of hydrogen-bond donors (Lipinski definition) is 3. The number of carbonyl (C=O) groups excluding carboxylic acids is 1. The van der Waals surface area contributed by atoms with Gasteiger partial charge >= 0.3 is 5.97 Å². The Morgan fingerprint density at radius 3 is 2.76 bits per heavy atom. The summed E-state index contributed by atoms with van der Waals surface area (Å²) in [5.74, 6) is -2.30. The number of aromatic carboxylic acids is 1. The molecule has 0 aromatic carbocycles. The van der Waals surface area contributed by atoms with Gasteiger partial charge in [0.1, 0.15) is 11.6 Å². The first-order valence-electron chi connectivity index (χ1n) is 5.94. The predicted octanol–water partition coefficient (Wildman–Crippen LogP) is -1.71. The molecule has 0 radical (unpaired) electrons. The molecule has 0 aliphatic carbocycles. The van der Waals surface area contributed by atoms with Crippen LogP contribution in [0.3, 0.4) is 0 Å². The van der Waals surface area contributed by atoms with Crippen molar-refractivity contribution >= 4 is 21.9 Å². The third kappa shape index (κ3) is 2.62. The number of ether oxygens (including phenoxy) is 1. The number of carboxylic acid groups (broad SMARTS) is 1. The summed E-state index contributed by atoms with van der Waals surface area (Å²) in [5.41, 5.74) is 4.81. The molecule has 1 aliphatic rings. The minimum Gasteiger partial charge on any atom is -0.478 e. The van der Waals surface area contributed by atoms with Crippen LogP contribution in [0, 0.1) is 6.92 Å². The maximum atomic E-state index is 12.6. The molecule has 1 fully saturated rings. The topological polar surface area (TPSA) is 156 Å². The molecule has 1 unspecified atom stereocenters. The molecule has 0 bridgehead atoms. The summed E-state index contributed by atoms with van der Waals surface area (Å²) in [6, 6.07) is -1.19. The first-order valence-corrected chi connectivity index (χ1v) is 7.38. The number of carbonyl (C=O) groups is 2. The molecular formula is C10H14N4O6S. The number of aromatic amines is 1. The number of H-pyrrole nitrogens is 1. The van der Waals surface area contributed by atoms with Crippen molar-refractivity contribution in [3.05, 3.63) is 11.3 Å². The smallest absolute Gasteiger partial charge is 0.340 e. The largest absolute Gasteiger partial charge is 0.478 e. The Morgan fingerprint density at radius 1 is 1.52 bits per heavy atom. The third-order valence-corrected chi connectivity index (χ3v) is 4.93. The van der Waals surface area contributed by atoms with Crippen LogP contribution in [-0.4, -0.2) is 65.7 Å². The van der Waals surface area contributed by atoms with E-state index < -0.39 is 38.5 Å². The van der Waals surface area contributed by atoms with E-state index in [9.17, 15) is 18.0 Å². The Morgan fingerprint density at radius 2 is 2.19 bits per heavy atom. The molecule has 1 amide bonds. The van der Waals surface area contributed by atoms with E-state index in [1.165, 1.54) is 6.92 Å². The number of aromatic nitrogens is 2. The molecule has 2 rings (SSSR count). The van der Waals surface area contributed by atoms with E-state index in [-0.39, 0.29) is 25.5 Å². The van der Waals surface area contributed by atoms with Gasteiger partial charge in [-0.1, -0.05) is 0 Å². The SMILES string of the molecule is Cc1[nH]nc(S(=O)(=O)N2CCOCC2C(N)=O)c1C(=O)O. The number of nitrogens with zero attached hydrogens (tertiary/aromatic N) is 2. The Labute approximate surface area is 119 Å². The van der Waals surface area contributed by atoms with Crippen LogP contribution in [0.2, 0.25) is 0 Å². The van der Waals surface area contributed by atoms with Crippen molar-refractivity contribution < 1.29 is 27.9 Å². The molecule has 1 atom stereocenters. The van der Waals surface area contributed by atoms with Crippen LogP contribution in [0.5, 0.6) is 0 Å². The minimum absolute atomic E-state index is 0.0782. The average molecular weight is 318 g/mol. The van der Waals surface area contributed by atoms with Crippen LogP contribution in [0.25, 0.3) is 0 Å². The lowest BCUT2D eigenvalue weighted by atomic mass is 10.3. The van der Waals surface area contributed by atoms with Crippen molar-refractivity contribution in [1.29, 1.82) is 0 Å². The Bertz CT molecular complexity index is 682. The zero-order valence-corrected chi connectivity index (χ0v) is 11.9. The molecule has 10 nitrogen and oxygen atoms in total. The van der Waals surface area contributed by atoms with Gasteiger partial charge in [0.05, 0.1) is 13.2 Å². The highest BCUT2D eigenvalue weighted by Gasteiger charge is 2.41. The summed E-state index contributed by atoms with van der Waals surface area (Å²) >= 11 is 0. The van der Waals surface area contributed by atoms with E-state index in [0.717, 1.165) is 4.31 Å². The molecule has 11 heteroatoms. The number of carboxylic acids is 1. The molecule has 116 valence electrons. The van der Waals surface area contributed by atoms with E-state index >= 15 is 0 Å². The summed E-state index contributed by atoms with van der Waals surface area (Å²) in [7, 11) is -4.28. The highest BCUT2D eigenvalue weighted by molar-refractivity contribution is 7.89. The van der Waals surface area contributed by atoms with E-state index in [4.69, 9.17) is 15.6 Å². The molecule has 1 aliphatic heterocycles. The van der Waals surface area contributed by atoms with Crippen LogP contribution in [-0.2, 0) is 19.6 Å². The number of nitrogens with two attached hydrogens (primary N) is 1. The van der Waals surface area contributed by atoms with Gasteiger partial charge in [-0.2, -0.15) is 9.40 Å². The van der Waals surface area contributed by atoms with Gasteiger partial charge in [-0.3, -0.25) is 9.89 Å². The number of morpholine rings is 1. The molecule has 1 aromatic rings. The van der Waals surface area contributed by atoms with Gasteiger partial charge in [0.15, 0.2) is 0 Å². The molecule has 1 saturated heterocycles. The number of primary amides is 1. The second-order valence-electron chi connectivity index (χ2n) is 4.44. The number of amides is 1. The van der Waals surface area contributed by atoms with Gasteiger partial charge in [0.2, 0.25) is 10.9 Å². The fraction of sp³-hybridized carbons (Fsp3) is 0.500. The van der Waals surface area contributed by atoms with Crippen LogP contribution in [0.1, 0.15) is 16.1 Å². The van der Waals surface area contributed by atoms with Gasteiger partial charge in [-0.05, 0) is 6.92 Å². The summed E-state index contributed by atoms with van der Waals surface area (Å²) in [6.45, 7) is 1.18. The molecule has 4 N–H and O–H groups in total. The van der Waals surface area contributed by atoms with E-state index in [2.05, 4.69) is 10.2 Å². The van der Waals surface area contributed by atoms with Crippen LogP contribution in [0.4, 0.5) is 0 Å². The fourth-order valence-corrected chi connectivity index (χ4v) is 3.75. The maximum Gasteiger partial charge on any atom is 0.340 e. The van der Waals surface area contributed by atoms with E-state index in [1.54, 1.807) is 0 Å². The van der Waals surface area contributed by atoms with Gasteiger partial charge in [0, 0.05) is 12.2 Å². The van der Waals surface area contributed by atoms with Gasteiger partial charge in [-0.25, -0.2) is 13.2 Å². The van der Waals surface area contributed by atoms with Crippen molar-refractivity contribution in [3.63, 3.8) is 0 Å². The van der Waals surface area contributed by atoms with Gasteiger partial charge in [-0.15, -0.1) is 0 Å². The van der Waals surface area contributed by atoms with Crippen molar-refractivity contribution in [2.75, 3.05) is 19.8 Å². The zero-order valence-electron chi connectivity index (χ0n) is 11.1. The third-order valence-electron chi connectivity index (χ3n) is 3.09. The summed E-state index contributed by atoms with van der Waals surface area (Å²) in [6.07, 6.45) is 0. The highest BCUT2D eigenvalue weighted by Crippen LogP contribution is 2.23. The second kappa shape index (κ2) is 5.42. The Hall–Kier alpha value is -1.98. The zero-order chi connectivity index (χ0) is 15.8. The first kappa shape index (κ1) is 15.4. The van der Waals surface area contributed by atoms with Crippen LogP contribution < -0.4 is 5.73 Å². The van der Waals surface area contributed by atoms with Crippen molar-refractivity contribution in [2.45, 2.75) is 18.0 Å². The van der Waals surface area contributed by atoms with Gasteiger partial charge < -0.3 is 15.6 Å². The second-order valence-corrected chi connectivity index (χ2v) is 6.25. The lowest BCUT2D eigenvalue weighted by Gasteiger charge is -2.31. The summed E-state index contributed by atoms with van der Waals surface area (Å²) in [4.78, 5) is 22.5. The van der Waals surface area contributed by atoms with Crippen molar-refractivity contribution in [2.24, 2.45) is 5.73 Å². The quantitative estimate of drug-likeness (QED) is 0.596. The Kier molecular flexibility index (Phi) is 3.98. The summed E-state index contributed by atoms with van der Waals surface area (Å²) < 4.78 is 31.0. The van der Waals surface area contributed by atoms with Crippen molar-refractivity contribution in [3.8, 4) is 0 Å².